The minimum atomic E-state index is 0.464. The van der Waals surface area contributed by atoms with E-state index in [0.29, 0.717) is 17.6 Å². The van der Waals surface area contributed by atoms with E-state index in [4.69, 9.17) is 4.74 Å². The molecule has 0 spiro atoms. The van der Waals surface area contributed by atoms with Crippen molar-refractivity contribution in [3.05, 3.63) is 66.4 Å². The van der Waals surface area contributed by atoms with Crippen LogP contribution >= 0.6 is 0 Å². The maximum absolute atomic E-state index is 9.92. The van der Waals surface area contributed by atoms with Gasteiger partial charge in [0, 0.05) is 19.3 Å². The first-order valence-electron chi connectivity index (χ1n) is 10.9. The number of fused-ring (bicyclic) bond motifs is 2. The number of benzene rings is 2. The molecule has 5 heteroatoms. The Labute approximate surface area is 177 Å². The van der Waals surface area contributed by atoms with Gasteiger partial charge in [-0.3, -0.25) is 0 Å². The summed E-state index contributed by atoms with van der Waals surface area (Å²) in [7, 11) is 0. The van der Waals surface area contributed by atoms with Gasteiger partial charge in [-0.15, -0.1) is 0 Å². The van der Waals surface area contributed by atoms with Crippen molar-refractivity contribution in [3.63, 3.8) is 0 Å². The van der Waals surface area contributed by atoms with E-state index in [2.05, 4.69) is 27.2 Å². The molecule has 1 saturated carbocycles. The summed E-state index contributed by atoms with van der Waals surface area (Å²) in [5.41, 5.74) is 0.724. The van der Waals surface area contributed by atoms with Crippen LogP contribution in [-0.2, 0) is 0 Å². The highest BCUT2D eigenvalue weighted by Gasteiger charge is 2.33. The number of likely N-dealkylation sites (tertiary alicyclic amines) is 1. The van der Waals surface area contributed by atoms with Crippen LogP contribution < -0.4 is 4.74 Å². The van der Waals surface area contributed by atoms with E-state index in [1.165, 1.54) is 31.1 Å². The topological polar surface area (TPSA) is 58.0 Å². The van der Waals surface area contributed by atoms with Gasteiger partial charge in [0.2, 0.25) is 5.88 Å². The van der Waals surface area contributed by atoms with Crippen molar-refractivity contribution in [2.75, 3.05) is 13.1 Å². The smallest absolute Gasteiger partial charge is 0.230 e. The zero-order valence-corrected chi connectivity index (χ0v) is 17.1. The molecule has 2 aromatic carbocycles. The van der Waals surface area contributed by atoms with Crippen LogP contribution in [0.5, 0.6) is 11.6 Å². The van der Waals surface area contributed by atoms with Crippen molar-refractivity contribution in [2.45, 2.75) is 32.1 Å². The summed E-state index contributed by atoms with van der Waals surface area (Å²) < 4.78 is 6.17. The molecule has 2 unspecified atom stereocenters. The molecule has 2 heterocycles. The van der Waals surface area contributed by atoms with Gasteiger partial charge in [-0.2, -0.15) is 0 Å². The van der Waals surface area contributed by atoms with Crippen molar-refractivity contribution >= 4 is 16.6 Å². The number of pyridine rings is 1. The Balaban J connectivity index is 1.41. The predicted octanol–water partition coefficient (Wildman–Crippen LogP) is 5.68. The average molecular weight is 402 g/mol. The largest absolute Gasteiger partial charge is 0.438 e. The molecule has 3 aromatic rings. The molecule has 5 nitrogen and oxygen atoms in total. The maximum Gasteiger partial charge on any atom is 0.230 e. The number of amidine groups is 1. The standard InChI is InChI=1S/C25H27N3O2/c29-27-24(28-15-13-19-7-2-4-9-21(19)17-28)23-10-5-14-26-25(23)30-22-12-11-18-6-1-3-8-20(18)16-22/h1,3,5-6,8,10-12,14,16,19,21,29H,2,4,7,9,13,15,17H2/b27-24-. The normalized spacial score (nSPS) is 22.0. The van der Waals surface area contributed by atoms with Crippen LogP contribution in [0.3, 0.4) is 0 Å². The Kier molecular flexibility index (Phi) is 5.26. The summed E-state index contributed by atoms with van der Waals surface area (Å²) in [6, 6.07) is 18.0. The lowest BCUT2D eigenvalue weighted by Gasteiger charge is -2.42. The van der Waals surface area contributed by atoms with Gasteiger partial charge in [-0.05, 0) is 59.7 Å². The second-order valence-electron chi connectivity index (χ2n) is 8.43. The third-order valence-corrected chi connectivity index (χ3v) is 6.63. The lowest BCUT2D eigenvalue weighted by molar-refractivity contribution is 0.127. The fraction of sp³-hybridized carbons (Fsp3) is 0.360. The van der Waals surface area contributed by atoms with Crippen molar-refractivity contribution < 1.29 is 9.94 Å². The summed E-state index contributed by atoms with van der Waals surface area (Å²) in [4.78, 5) is 6.66. The van der Waals surface area contributed by atoms with Crippen molar-refractivity contribution in [1.29, 1.82) is 0 Å². The molecule has 5 rings (SSSR count). The molecule has 2 aliphatic rings. The van der Waals surface area contributed by atoms with Crippen LogP contribution in [0.15, 0.2) is 65.9 Å². The van der Waals surface area contributed by atoms with Crippen LogP contribution in [0, 0.1) is 11.8 Å². The SMILES string of the molecule is O/N=C(/c1cccnc1Oc1ccc2ccccc2c1)N1CCC2CCCCC2C1. The van der Waals surface area contributed by atoms with Crippen LogP contribution in [0.25, 0.3) is 10.8 Å². The molecule has 2 atom stereocenters. The van der Waals surface area contributed by atoms with E-state index >= 15 is 0 Å². The molecule has 1 aliphatic carbocycles. The molecular formula is C25H27N3O2. The quantitative estimate of drug-likeness (QED) is 0.266. The van der Waals surface area contributed by atoms with Crippen LogP contribution in [0.4, 0.5) is 0 Å². The van der Waals surface area contributed by atoms with E-state index in [0.717, 1.165) is 42.1 Å². The van der Waals surface area contributed by atoms with Crippen LogP contribution in [0.1, 0.15) is 37.7 Å². The first-order chi connectivity index (χ1) is 14.8. The van der Waals surface area contributed by atoms with Crippen LogP contribution in [-0.4, -0.2) is 34.0 Å². The highest BCUT2D eigenvalue weighted by molar-refractivity contribution is 6.00. The number of oxime groups is 1. The summed E-state index contributed by atoms with van der Waals surface area (Å²) in [5, 5.41) is 15.9. The molecule has 154 valence electrons. The average Bonchev–Trinajstić information content (AvgIpc) is 2.80. The summed E-state index contributed by atoms with van der Waals surface area (Å²) in [5.74, 6) is 3.24. The van der Waals surface area contributed by atoms with E-state index < -0.39 is 0 Å². The number of aromatic nitrogens is 1. The monoisotopic (exact) mass is 401 g/mol. The number of ether oxygens (including phenoxy) is 1. The lowest BCUT2D eigenvalue weighted by atomic mass is 9.75. The Morgan fingerprint density at radius 2 is 1.80 bits per heavy atom. The van der Waals surface area contributed by atoms with Gasteiger partial charge in [0.1, 0.15) is 5.75 Å². The van der Waals surface area contributed by atoms with E-state index in [9.17, 15) is 5.21 Å². The van der Waals surface area contributed by atoms with Gasteiger partial charge in [0.15, 0.2) is 5.84 Å². The first-order valence-corrected chi connectivity index (χ1v) is 10.9. The summed E-state index contributed by atoms with van der Waals surface area (Å²) >= 11 is 0. The fourth-order valence-corrected chi connectivity index (χ4v) is 5.07. The minimum absolute atomic E-state index is 0.464. The van der Waals surface area contributed by atoms with E-state index in [1.807, 2.05) is 42.5 Å². The molecular weight excluding hydrogens is 374 g/mol. The number of hydrogen-bond donors (Lipinski definition) is 1. The number of hydrogen-bond acceptors (Lipinski definition) is 4. The molecule has 2 fully saturated rings. The van der Waals surface area contributed by atoms with Crippen molar-refractivity contribution in [1.82, 2.24) is 9.88 Å². The Morgan fingerprint density at radius 1 is 0.967 bits per heavy atom. The molecule has 1 saturated heterocycles. The second kappa shape index (κ2) is 8.34. The molecule has 0 bridgehead atoms. The van der Waals surface area contributed by atoms with Crippen molar-refractivity contribution in [3.8, 4) is 11.6 Å². The minimum Gasteiger partial charge on any atom is -0.438 e. The fourth-order valence-electron chi connectivity index (χ4n) is 5.07. The molecule has 30 heavy (non-hydrogen) atoms. The van der Waals surface area contributed by atoms with E-state index in [1.54, 1.807) is 6.20 Å². The van der Waals surface area contributed by atoms with Crippen molar-refractivity contribution in [2.24, 2.45) is 17.0 Å². The second-order valence-corrected chi connectivity index (χ2v) is 8.43. The Morgan fingerprint density at radius 3 is 2.67 bits per heavy atom. The van der Waals surface area contributed by atoms with Gasteiger partial charge in [-0.1, -0.05) is 54.8 Å². The van der Waals surface area contributed by atoms with Gasteiger partial charge in [-0.25, -0.2) is 4.98 Å². The predicted molar refractivity (Wildman–Crippen MR) is 118 cm³/mol. The highest BCUT2D eigenvalue weighted by Crippen LogP contribution is 2.37. The number of rotatable bonds is 3. The summed E-state index contributed by atoms with van der Waals surface area (Å²) in [6.45, 7) is 1.85. The third kappa shape index (κ3) is 3.72. The Hall–Kier alpha value is -3.08. The molecule has 0 amide bonds. The third-order valence-electron chi connectivity index (χ3n) is 6.63. The molecule has 0 radical (unpaired) electrons. The van der Waals surface area contributed by atoms with Gasteiger partial charge in [0.25, 0.3) is 0 Å². The molecule has 1 aliphatic heterocycles. The molecule has 1 aromatic heterocycles. The summed E-state index contributed by atoms with van der Waals surface area (Å²) in [6.07, 6.45) is 8.14. The highest BCUT2D eigenvalue weighted by atomic mass is 16.5. The van der Waals surface area contributed by atoms with Gasteiger partial charge in [0.05, 0.1) is 5.56 Å². The lowest BCUT2D eigenvalue weighted by Crippen LogP contribution is -2.45. The zero-order valence-electron chi connectivity index (χ0n) is 17.1. The first kappa shape index (κ1) is 18.9. The van der Waals surface area contributed by atoms with E-state index in [-0.39, 0.29) is 0 Å². The van der Waals surface area contributed by atoms with Gasteiger partial charge < -0.3 is 14.8 Å². The molecule has 1 N–H and O–H groups in total. The zero-order chi connectivity index (χ0) is 20.3. The Bertz CT molecular complexity index is 1060. The number of piperidine rings is 1. The number of nitrogens with zero attached hydrogens (tertiary/aromatic N) is 3. The van der Waals surface area contributed by atoms with Gasteiger partial charge >= 0.3 is 0 Å². The maximum atomic E-state index is 9.92. The van der Waals surface area contributed by atoms with Crippen LogP contribution in [0.2, 0.25) is 0 Å².